The number of hydrogen-bond donors (Lipinski definition) is 1. The lowest BCUT2D eigenvalue weighted by atomic mass is 10.1. The lowest BCUT2D eigenvalue weighted by Gasteiger charge is -2.01. The maximum Gasteiger partial charge on any atom is 0.244 e. The van der Waals surface area contributed by atoms with Crippen LogP contribution in [0.1, 0.15) is 30.3 Å². The van der Waals surface area contributed by atoms with Crippen LogP contribution in [0.25, 0.3) is 11.4 Å². The summed E-state index contributed by atoms with van der Waals surface area (Å²) in [6.45, 7) is 3.10. The van der Waals surface area contributed by atoms with E-state index in [1.165, 1.54) is 12.0 Å². The summed E-state index contributed by atoms with van der Waals surface area (Å²) in [7, 11) is 0. The molecule has 0 bridgehead atoms. The summed E-state index contributed by atoms with van der Waals surface area (Å²) in [5.74, 6) is 1.38. The van der Waals surface area contributed by atoms with Gasteiger partial charge in [0.25, 0.3) is 0 Å². The fourth-order valence-electron chi connectivity index (χ4n) is 2.09. The third-order valence-electron chi connectivity index (χ3n) is 3.11. The Balaban J connectivity index is 1.86. The molecule has 0 amide bonds. The van der Waals surface area contributed by atoms with Crippen molar-refractivity contribution in [2.75, 3.05) is 6.54 Å². The van der Waals surface area contributed by atoms with Crippen LogP contribution in [0, 0.1) is 6.92 Å². The second-order valence-electron chi connectivity index (χ2n) is 4.47. The number of aromatic nitrogens is 2. The highest BCUT2D eigenvalue weighted by Gasteiger charge is 2.22. The lowest BCUT2D eigenvalue weighted by molar-refractivity contribution is 0.345. The quantitative estimate of drug-likeness (QED) is 0.859. The van der Waals surface area contributed by atoms with Crippen LogP contribution in [0.2, 0.25) is 0 Å². The predicted octanol–water partition coefficient (Wildman–Crippen LogP) is 2.47. The first-order valence-corrected chi connectivity index (χ1v) is 5.97. The molecule has 4 nitrogen and oxygen atoms in total. The monoisotopic (exact) mass is 229 g/mol. The number of hydrogen-bond acceptors (Lipinski definition) is 4. The first-order chi connectivity index (χ1) is 8.33. The Labute approximate surface area is 100 Å². The summed E-state index contributed by atoms with van der Waals surface area (Å²) in [5, 5.41) is 7.39. The molecule has 2 aromatic rings. The molecule has 1 N–H and O–H groups in total. The average Bonchev–Trinajstić information content (AvgIpc) is 3.00. The van der Waals surface area contributed by atoms with Gasteiger partial charge in [0.15, 0.2) is 0 Å². The molecule has 1 fully saturated rings. The number of rotatable bonds is 2. The van der Waals surface area contributed by atoms with Crippen LogP contribution < -0.4 is 5.32 Å². The van der Waals surface area contributed by atoms with Gasteiger partial charge in [-0.3, -0.25) is 0 Å². The van der Waals surface area contributed by atoms with Crippen molar-refractivity contribution in [3.63, 3.8) is 0 Å². The molecule has 1 aliphatic rings. The predicted molar refractivity (Wildman–Crippen MR) is 64.4 cm³/mol. The van der Waals surface area contributed by atoms with Crippen LogP contribution in [0.3, 0.4) is 0 Å². The van der Waals surface area contributed by atoms with Gasteiger partial charge in [-0.15, -0.1) is 0 Å². The maximum absolute atomic E-state index is 5.31. The highest BCUT2D eigenvalue weighted by atomic mass is 16.5. The Morgan fingerprint density at radius 3 is 2.82 bits per heavy atom. The first kappa shape index (κ1) is 10.5. The van der Waals surface area contributed by atoms with E-state index in [2.05, 4.69) is 34.5 Å². The van der Waals surface area contributed by atoms with Gasteiger partial charge in [-0.1, -0.05) is 35.0 Å². The van der Waals surface area contributed by atoms with Crippen molar-refractivity contribution in [2.45, 2.75) is 25.8 Å². The zero-order valence-electron chi connectivity index (χ0n) is 9.81. The Morgan fingerprint density at radius 2 is 2.12 bits per heavy atom. The molecule has 0 radical (unpaired) electrons. The number of nitrogens with one attached hydrogen (secondary N) is 1. The third-order valence-corrected chi connectivity index (χ3v) is 3.11. The van der Waals surface area contributed by atoms with Gasteiger partial charge in [-0.05, 0) is 26.3 Å². The van der Waals surface area contributed by atoms with E-state index in [1.54, 1.807) is 0 Å². The van der Waals surface area contributed by atoms with Gasteiger partial charge < -0.3 is 9.84 Å². The van der Waals surface area contributed by atoms with Crippen LogP contribution in [-0.4, -0.2) is 16.7 Å². The van der Waals surface area contributed by atoms with Gasteiger partial charge in [-0.2, -0.15) is 4.98 Å². The molecule has 1 aromatic carbocycles. The van der Waals surface area contributed by atoms with Gasteiger partial charge in [-0.25, -0.2) is 0 Å². The maximum atomic E-state index is 5.31. The zero-order valence-corrected chi connectivity index (χ0v) is 9.81. The van der Waals surface area contributed by atoms with Gasteiger partial charge in [0.05, 0.1) is 6.04 Å². The molecule has 0 unspecified atom stereocenters. The van der Waals surface area contributed by atoms with Crippen molar-refractivity contribution in [3.8, 4) is 11.4 Å². The molecule has 4 heteroatoms. The van der Waals surface area contributed by atoms with Gasteiger partial charge in [0.1, 0.15) is 0 Å². The fraction of sp³-hybridized carbons (Fsp3) is 0.385. The van der Waals surface area contributed by atoms with E-state index in [0.717, 1.165) is 18.5 Å². The minimum absolute atomic E-state index is 0.238. The molecule has 0 aliphatic carbocycles. The molecule has 0 spiro atoms. The Bertz CT molecular complexity index is 498. The molecule has 1 atom stereocenters. The summed E-state index contributed by atoms with van der Waals surface area (Å²) in [4.78, 5) is 4.45. The summed E-state index contributed by atoms with van der Waals surface area (Å²) in [6.07, 6.45) is 2.25. The first-order valence-electron chi connectivity index (χ1n) is 5.97. The summed E-state index contributed by atoms with van der Waals surface area (Å²) in [6, 6.07) is 8.39. The molecular weight excluding hydrogens is 214 g/mol. The summed E-state index contributed by atoms with van der Waals surface area (Å²) in [5.41, 5.74) is 2.23. The highest BCUT2D eigenvalue weighted by Crippen LogP contribution is 2.24. The van der Waals surface area contributed by atoms with E-state index in [-0.39, 0.29) is 6.04 Å². The van der Waals surface area contributed by atoms with Crippen molar-refractivity contribution < 1.29 is 4.52 Å². The van der Waals surface area contributed by atoms with E-state index in [4.69, 9.17) is 4.52 Å². The minimum Gasteiger partial charge on any atom is -0.337 e. The fourth-order valence-corrected chi connectivity index (χ4v) is 2.09. The molecular formula is C13H15N3O. The van der Waals surface area contributed by atoms with Gasteiger partial charge >= 0.3 is 0 Å². The Kier molecular flexibility index (Phi) is 2.65. The molecule has 1 aliphatic heterocycles. The van der Waals surface area contributed by atoms with E-state index in [0.29, 0.717) is 11.7 Å². The van der Waals surface area contributed by atoms with Crippen LogP contribution in [0.4, 0.5) is 0 Å². The normalized spacial score (nSPS) is 19.7. The van der Waals surface area contributed by atoms with Crippen molar-refractivity contribution in [1.82, 2.24) is 15.5 Å². The Morgan fingerprint density at radius 1 is 1.29 bits per heavy atom. The molecule has 2 heterocycles. The van der Waals surface area contributed by atoms with Crippen LogP contribution >= 0.6 is 0 Å². The van der Waals surface area contributed by atoms with Crippen molar-refractivity contribution in [2.24, 2.45) is 0 Å². The molecule has 0 saturated carbocycles. The van der Waals surface area contributed by atoms with E-state index in [9.17, 15) is 0 Å². The molecule has 88 valence electrons. The average molecular weight is 229 g/mol. The van der Waals surface area contributed by atoms with Crippen molar-refractivity contribution in [3.05, 3.63) is 35.7 Å². The molecule has 17 heavy (non-hydrogen) atoms. The van der Waals surface area contributed by atoms with E-state index < -0.39 is 0 Å². The van der Waals surface area contributed by atoms with E-state index >= 15 is 0 Å². The molecule has 1 aromatic heterocycles. The number of aryl methyl sites for hydroxylation is 1. The third kappa shape index (κ3) is 2.08. The number of nitrogens with zero attached hydrogens (tertiary/aromatic N) is 2. The topological polar surface area (TPSA) is 51.0 Å². The van der Waals surface area contributed by atoms with Gasteiger partial charge in [0, 0.05) is 5.56 Å². The Hall–Kier alpha value is -1.68. The van der Waals surface area contributed by atoms with Gasteiger partial charge in [0.2, 0.25) is 11.7 Å². The summed E-state index contributed by atoms with van der Waals surface area (Å²) < 4.78 is 5.31. The minimum atomic E-state index is 0.238. The second-order valence-corrected chi connectivity index (χ2v) is 4.47. The standard InChI is InChI=1S/C13H15N3O/c1-9-4-6-10(7-5-9)12-15-13(17-16-12)11-3-2-8-14-11/h4-7,11,14H,2-3,8H2,1H3/t11-/m1/s1. The highest BCUT2D eigenvalue weighted by molar-refractivity contribution is 5.54. The lowest BCUT2D eigenvalue weighted by Crippen LogP contribution is -2.12. The van der Waals surface area contributed by atoms with Crippen LogP contribution in [0.5, 0.6) is 0 Å². The summed E-state index contributed by atoms with van der Waals surface area (Å²) >= 11 is 0. The molecule has 1 saturated heterocycles. The smallest absolute Gasteiger partial charge is 0.244 e. The largest absolute Gasteiger partial charge is 0.337 e. The van der Waals surface area contributed by atoms with Crippen molar-refractivity contribution in [1.29, 1.82) is 0 Å². The van der Waals surface area contributed by atoms with Crippen molar-refractivity contribution >= 4 is 0 Å². The zero-order chi connectivity index (χ0) is 11.7. The SMILES string of the molecule is Cc1ccc(-c2noc([C@H]3CCCN3)n2)cc1. The molecule has 3 rings (SSSR count). The number of benzene rings is 1. The van der Waals surface area contributed by atoms with E-state index in [1.807, 2.05) is 12.1 Å². The van der Waals surface area contributed by atoms with Crippen LogP contribution in [0.15, 0.2) is 28.8 Å². The second kappa shape index (κ2) is 4.30. The van der Waals surface area contributed by atoms with Crippen LogP contribution in [-0.2, 0) is 0 Å².